The Morgan fingerprint density at radius 2 is 1.87 bits per heavy atom. The molecule has 7 heteroatoms. The molecular weight excluding hydrogens is 425 g/mol. The number of rotatable bonds is 4. The first kappa shape index (κ1) is 20.8. The molecule has 2 aromatic carbocycles. The summed E-state index contributed by atoms with van der Waals surface area (Å²) in [5.74, 6) is -0.616. The summed E-state index contributed by atoms with van der Waals surface area (Å²) in [5, 5.41) is 13.8. The lowest BCUT2D eigenvalue weighted by atomic mass is 9.73. The Labute approximate surface area is 184 Å². The molecule has 1 heterocycles. The van der Waals surface area contributed by atoms with E-state index in [-0.39, 0.29) is 40.6 Å². The number of benzene rings is 2. The van der Waals surface area contributed by atoms with Crippen LogP contribution >= 0.6 is 23.2 Å². The zero-order chi connectivity index (χ0) is 21.4. The van der Waals surface area contributed by atoms with Crippen molar-refractivity contribution < 1.29 is 19.4 Å². The lowest BCUT2D eigenvalue weighted by molar-refractivity contribution is -0.122. The molecule has 4 rings (SSSR count). The van der Waals surface area contributed by atoms with E-state index in [0.29, 0.717) is 41.3 Å². The molecule has 30 heavy (non-hydrogen) atoms. The molecule has 2 aliphatic rings. The van der Waals surface area contributed by atoms with Crippen LogP contribution in [0.5, 0.6) is 11.5 Å². The lowest BCUT2D eigenvalue weighted by Gasteiger charge is -2.35. The first-order valence-corrected chi connectivity index (χ1v) is 10.6. The van der Waals surface area contributed by atoms with E-state index in [9.17, 15) is 14.7 Å². The van der Waals surface area contributed by atoms with Gasteiger partial charge in [-0.3, -0.25) is 9.59 Å². The molecule has 2 aromatic rings. The van der Waals surface area contributed by atoms with Crippen LogP contribution in [0.25, 0.3) is 0 Å². The van der Waals surface area contributed by atoms with Crippen LogP contribution in [0.15, 0.2) is 47.7 Å². The van der Waals surface area contributed by atoms with E-state index in [0.717, 1.165) is 5.56 Å². The summed E-state index contributed by atoms with van der Waals surface area (Å²) in [6, 6.07) is 10.7. The molecule has 156 valence electrons. The number of allylic oxidation sites excluding steroid dienone is 2. The minimum Gasteiger partial charge on any atom is -0.503 e. The Bertz CT molecular complexity index is 1060. The van der Waals surface area contributed by atoms with Gasteiger partial charge in [-0.2, -0.15) is 0 Å². The van der Waals surface area contributed by atoms with Gasteiger partial charge in [0.1, 0.15) is 0 Å². The van der Waals surface area contributed by atoms with Gasteiger partial charge in [0.25, 0.3) is 0 Å². The average Bonchev–Trinajstić information content (AvgIpc) is 2.70. The Balaban J connectivity index is 1.75. The number of phenolic OH excluding ortho intramolecular Hbond substituents is 1. The second-order valence-corrected chi connectivity index (χ2v) is 8.34. The molecule has 5 nitrogen and oxygen atoms in total. The van der Waals surface area contributed by atoms with Crippen molar-refractivity contribution in [1.82, 2.24) is 5.32 Å². The van der Waals surface area contributed by atoms with Gasteiger partial charge in [-0.1, -0.05) is 41.4 Å². The van der Waals surface area contributed by atoms with Crippen molar-refractivity contribution in [3.8, 4) is 11.5 Å². The molecule has 0 saturated heterocycles. The number of carbonyl (C=O) groups excluding carboxylic acids is 2. The maximum absolute atomic E-state index is 13.2. The summed E-state index contributed by atoms with van der Waals surface area (Å²) in [5.41, 5.74) is 2.82. The van der Waals surface area contributed by atoms with E-state index in [4.69, 9.17) is 27.9 Å². The van der Waals surface area contributed by atoms with E-state index in [2.05, 4.69) is 5.32 Å². The number of aromatic hydroxyl groups is 1. The fraction of sp³-hybridized carbons (Fsp3) is 0.304. The summed E-state index contributed by atoms with van der Waals surface area (Å²) in [7, 11) is 0. The van der Waals surface area contributed by atoms with Gasteiger partial charge < -0.3 is 15.2 Å². The van der Waals surface area contributed by atoms with Crippen molar-refractivity contribution in [2.75, 3.05) is 6.61 Å². The average molecular weight is 446 g/mol. The molecule has 1 aliphatic heterocycles. The predicted octanol–water partition coefficient (Wildman–Crippen LogP) is 5.10. The van der Waals surface area contributed by atoms with Crippen LogP contribution in [0.2, 0.25) is 10.0 Å². The quantitative estimate of drug-likeness (QED) is 0.685. The molecule has 1 amide bonds. The number of amides is 1. The monoisotopic (exact) mass is 445 g/mol. The van der Waals surface area contributed by atoms with E-state index in [1.165, 1.54) is 0 Å². The minimum atomic E-state index is -0.439. The van der Waals surface area contributed by atoms with Crippen LogP contribution in [0, 0.1) is 0 Å². The van der Waals surface area contributed by atoms with Crippen LogP contribution in [0.1, 0.15) is 49.1 Å². The molecule has 2 N–H and O–H groups in total. The number of phenols is 1. The highest BCUT2D eigenvalue weighted by atomic mass is 35.5. The van der Waals surface area contributed by atoms with Crippen LogP contribution in [-0.4, -0.2) is 23.4 Å². The second kappa shape index (κ2) is 8.32. The second-order valence-electron chi connectivity index (χ2n) is 7.53. The van der Waals surface area contributed by atoms with Gasteiger partial charge in [0.2, 0.25) is 5.91 Å². The minimum absolute atomic E-state index is 0.0201. The third-order valence-corrected chi connectivity index (χ3v) is 6.27. The summed E-state index contributed by atoms with van der Waals surface area (Å²) < 4.78 is 5.48. The number of ketones is 1. The third kappa shape index (κ3) is 3.80. The van der Waals surface area contributed by atoms with E-state index in [1.54, 1.807) is 25.1 Å². The first-order chi connectivity index (χ1) is 14.4. The van der Waals surface area contributed by atoms with Crippen LogP contribution in [0.4, 0.5) is 0 Å². The molecule has 0 unspecified atom stereocenters. The zero-order valence-corrected chi connectivity index (χ0v) is 17.9. The van der Waals surface area contributed by atoms with E-state index < -0.39 is 5.92 Å². The van der Waals surface area contributed by atoms with Crippen molar-refractivity contribution in [2.24, 2.45) is 0 Å². The van der Waals surface area contributed by atoms with Crippen molar-refractivity contribution in [3.63, 3.8) is 0 Å². The van der Waals surface area contributed by atoms with Crippen molar-refractivity contribution in [3.05, 3.63) is 68.8 Å². The lowest BCUT2D eigenvalue weighted by Crippen LogP contribution is -2.38. The number of hydrogen-bond donors (Lipinski definition) is 2. The third-order valence-electron chi connectivity index (χ3n) is 5.63. The standard InChI is InChI=1S/C23H21Cl2NO4/c1-2-30-20-10-12(7-17(25)23(20)29)15-11-21(28)26-18-8-13(9-19(27)22(15)18)14-5-3-4-6-16(14)24/h3-7,10,13,15,29H,2,8-9,11H2,1H3,(H,26,28)/t13-,15-/m1/s1. The number of ether oxygens (including phenoxy) is 1. The van der Waals surface area contributed by atoms with Crippen molar-refractivity contribution in [2.45, 2.75) is 38.0 Å². The normalized spacial score (nSPS) is 21.3. The maximum Gasteiger partial charge on any atom is 0.225 e. The predicted molar refractivity (Wildman–Crippen MR) is 115 cm³/mol. The van der Waals surface area contributed by atoms with E-state index >= 15 is 0 Å². The highest BCUT2D eigenvalue weighted by Crippen LogP contribution is 2.46. The van der Waals surface area contributed by atoms with Crippen LogP contribution in [-0.2, 0) is 9.59 Å². The smallest absolute Gasteiger partial charge is 0.225 e. The summed E-state index contributed by atoms with van der Waals surface area (Å²) in [4.78, 5) is 25.7. The summed E-state index contributed by atoms with van der Waals surface area (Å²) in [6.07, 6.45) is 0.976. The number of hydrogen-bond acceptors (Lipinski definition) is 4. The fourth-order valence-electron chi connectivity index (χ4n) is 4.33. The Morgan fingerprint density at radius 1 is 1.10 bits per heavy atom. The number of halogens is 2. The highest BCUT2D eigenvalue weighted by molar-refractivity contribution is 6.32. The van der Waals surface area contributed by atoms with Gasteiger partial charge in [-0.25, -0.2) is 0 Å². The van der Waals surface area contributed by atoms with Gasteiger partial charge in [-0.15, -0.1) is 0 Å². The number of Topliss-reactive ketones (excluding diaryl/α,β-unsaturated/α-hetero) is 1. The zero-order valence-electron chi connectivity index (χ0n) is 16.4. The molecule has 0 bridgehead atoms. The molecule has 0 aromatic heterocycles. The SMILES string of the molecule is CCOc1cc([C@H]2CC(=O)NC3=C2C(=O)C[C@H](c2ccccc2Cl)C3)cc(Cl)c1O. The Hall–Kier alpha value is -2.50. The van der Waals surface area contributed by atoms with Gasteiger partial charge in [0.15, 0.2) is 17.3 Å². The molecule has 0 spiro atoms. The molecule has 1 aliphatic carbocycles. The Kier molecular flexibility index (Phi) is 5.76. The topological polar surface area (TPSA) is 75.6 Å². The van der Waals surface area contributed by atoms with Crippen molar-refractivity contribution >= 4 is 34.9 Å². The highest BCUT2D eigenvalue weighted by Gasteiger charge is 2.39. The Morgan fingerprint density at radius 3 is 2.60 bits per heavy atom. The maximum atomic E-state index is 13.2. The van der Waals surface area contributed by atoms with Gasteiger partial charge in [0, 0.05) is 35.1 Å². The number of nitrogens with one attached hydrogen (secondary N) is 1. The van der Waals surface area contributed by atoms with Crippen molar-refractivity contribution in [1.29, 1.82) is 0 Å². The van der Waals surface area contributed by atoms with Gasteiger partial charge in [0.05, 0.1) is 11.6 Å². The van der Waals surface area contributed by atoms with Gasteiger partial charge >= 0.3 is 0 Å². The summed E-state index contributed by atoms with van der Waals surface area (Å²) in [6.45, 7) is 2.15. The fourth-order valence-corrected chi connectivity index (χ4v) is 4.84. The molecular formula is C23H21Cl2NO4. The molecule has 2 atom stereocenters. The van der Waals surface area contributed by atoms with Crippen LogP contribution in [0.3, 0.4) is 0 Å². The molecule has 0 saturated carbocycles. The first-order valence-electron chi connectivity index (χ1n) is 9.84. The molecule has 0 fully saturated rings. The van der Waals surface area contributed by atoms with Crippen LogP contribution < -0.4 is 10.1 Å². The number of carbonyl (C=O) groups is 2. The van der Waals surface area contributed by atoms with Gasteiger partial charge in [-0.05, 0) is 48.6 Å². The molecule has 0 radical (unpaired) electrons. The summed E-state index contributed by atoms with van der Waals surface area (Å²) >= 11 is 12.5. The largest absolute Gasteiger partial charge is 0.503 e. The van der Waals surface area contributed by atoms with E-state index in [1.807, 2.05) is 18.2 Å².